The van der Waals surface area contributed by atoms with Crippen molar-refractivity contribution in [1.82, 2.24) is 0 Å². The summed E-state index contributed by atoms with van der Waals surface area (Å²) in [7, 11) is 0. The maximum absolute atomic E-state index is 13.4. The molecule has 0 amide bonds. The van der Waals surface area contributed by atoms with Crippen molar-refractivity contribution in [2.45, 2.75) is 18.9 Å². The molecule has 1 aromatic carbocycles. The number of halogens is 2. The highest BCUT2D eigenvalue weighted by Gasteiger charge is 2.19. The van der Waals surface area contributed by atoms with Crippen LogP contribution in [0.25, 0.3) is 0 Å². The Morgan fingerprint density at radius 2 is 2.12 bits per heavy atom. The van der Waals surface area contributed by atoms with Gasteiger partial charge in [0.1, 0.15) is 6.61 Å². The molecule has 1 unspecified atom stereocenters. The van der Waals surface area contributed by atoms with E-state index in [2.05, 4.69) is 0 Å². The van der Waals surface area contributed by atoms with Crippen LogP contribution in [-0.2, 0) is 4.74 Å². The van der Waals surface area contributed by atoms with Crippen LogP contribution >= 0.6 is 0 Å². The van der Waals surface area contributed by atoms with E-state index in [0.717, 1.165) is 25.0 Å². The molecule has 2 rings (SSSR count). The van der Waals surface area contributed by atoms with Crippen molar-refractivity contribution in [2.24, 2.45) is 0 Å². The predicted molar refractivity (Wildman–Crippen MR) is 55.5 cm³/mol. The Labute approximate surface area is 97.6 Å². The average molecular weight is 239 g/mol. The van der Waals surface area contributed by atoms with E-state index < -0.39 is 17.4 Å². The van der Waals surface area contributed by atoms with Crippen LogP contribution in [0.1, 0.15) is 18.4 Å². The molecule has 1 aromatic rings. The summed E-state index contributed by atoms with van der Waals surface area (Å²) >= 11 is 0. The van der Waals surface area contributed by atoms with Crippen LogP contribution in [0.5, 0.6) is 5.75 Å². The topological polar surface area (TPSA) is 42.2 Å². The molecule has 17 heavy (non-hydrogen) atoms. The van der Waals surface area contributed by atoms with Crippen LogP contribution in [0.4, 0.5) is 8.78 Å². The van der Waals surface area contributed by atoms with Gasteiger partial charge in [-0.3, -0.25) is 0 Å². The van der Waals surface area contributed by atoms with E-state index in [1.807, 2.05) is 0 Å². The molecule has 1 aliphatic heterocycles. The Morgan fingerprint density at radius 3 is 2.65 bits per heavy atom. The van der Waals surface area contributed by atoms with Gasteiger partial charge in [0, 0.05) is 6.61 Å². The molecule has 0 aromatic heterocycles. The fourth-order valence-electron chi connectivity index (χ4n) is 1.71. The number of nitriles is 1. The quantitative estimate of drug-likeness (QED) is 0.813. The van der Waals surface area contributed by atoms with E-state index in [1.54, 1.807) is 6.07 Å². The van der Waals surface area contributed by atoms with Crippen LogP contribution in [0.3, 0.4) is 0 Å². The van der Waals surface area contributed by atoms with E-state index in [9.17, 15) is 8.78 Å². The van der Waals surface area contributed by atoms with Crippen LogP contribution in [0, 0.1) is 23.0 Å². The lowest BCUT2D eigenvalue weighted by molar-refractivity contribution is 0.0650. The molecule has 0 saturated carbocycles. The van der Waals surface area contributed by atoms with Gasteiger partial charge in [0.2, 0.25) is 0 Å². The molecule has 0 aliphatic carbocycles. The van der Waals surface area contributed by atoms with Crippen molar-refractivity contribution in [1.29, 1.82) is 5.26 Å². The van der Waals surface area contributed by atoms with Crippen LogP contribution in [0.15, 0.2) is 12.1 Å². The predicted octanol–water partition coefficient (Wildman–Crippen LogP) is 2.39. The molecule has 1 atom stereocenters. The van der Waals surface area contributed by atoms with Gasteiger partial charge >= 0.3 is 0 Å². The number of benzene rings is 1. The maximum atomic E-state index is 13.4. The van der Waals surface area contributed by atoms with E-state index >= 15 is 0 Å². The minimum Gasteiger partial charge on any atom is -0.485 e. The zero-order chi connectivity index (χ0) is 12.3. The minimum absolute atomic E-state index is 0.0653. The molecule has 5 heteroatoms. The Kier molecular flexibility index (Phi) is 3.55. The summed E-state index contributed by atoms with van der Waals surface area (Å²) in [5, 5.41) is 8.54. The van der Waals surface area contributed by atoms with E-state index in [-0.39, 0.29) is 18.3 Å². The van der Waals surface area contributed by atoms with Crippen molar-refractivity contribution in [2.75, 3.05) is 13.2 Å². The lowest BCUT2D eigenvalue weighted by Gasteiger charge is -2.12. The number of hydrogen-bond acceptors (Lipinski definition) is 3. The molecule has 3 nitrogen and oxygen atoms in total. The van der Waals surface area contributed by atoms with Crippen molar-refractivity contribution in [3.63, 3.8) is 0 Å². The second-order valence-corrected chi connectivity index (χ2v) is 3.83. The molecule has 1 fully saturated rings. The highest BCUT2D eigenvalue weighted by molar-refractivity contribution is 5.37. The van der Waals surface area contributed by atoms with Crippen molar-refractivity contribution < 1.29 is 18.3 Å². The smallest absolute Gasteiger partial charge is 0.190 e. The summed E-state index contributed by atoms with van der Waals surface area (Å²) in [6, 6.07) is 3.58. The largest absolute Gasteiger partial charge is 0.485 e. The third kappa shape index (κ3) is 2.71. The Bertz CT molecular complexity index is 427. The second-order valence-electron chi connectivity index (χ2n) is 3.83. The number of hydrogen-bond donors (Lipinski definition) is 0. The van der Waals surface area contributed by atoms with Gasteiger partial charge in [0.05, 0.1) is 17.7 Å². The summed E-state index contributed by atoms with van der Waals surface area (Å²) in [5.41, 5.74) is -0.0653. The van der Waals surface area contributed by atoms with Crippen molar-refractivity contribution in [3.05, 3.63) is 29.3 Å². The van der Waals surface area contributed by atoms with Crippen LogP contribution < -0.4 is 4.74 Å². The SMILES string of the molecule is N#Cc1cc(F)c(OCC2CCCO2)c(F)c1. The number of rotatable bonds is 3. The average Bonchev–Trinajstić information content (AvgIpc) is 2.80. The standard InChI is InChI=1S/C12H11F2NO2/c13-10-4-8(6-15)5-11(14)12(10)17-7-9-2-1-3-16-9/h4-5,9H,1-3,7H2. The fraction of sp³-hybridized carbons (Fsp3) is 0.417. The lowest BCUT2D eigenvalue weighted by atomic mass is 10.2. The second kappa shape index (κ2) is 5.11. The summed E-state index contributed by atoms with van der Waals surface area (Å²) in [6.07, 6.45) is 1.66. The van der Waals surface area contributed by atoms with Crippen molar-refractivity contribution >= 4 is 0 Å². The molecule has 0 bridgehead atoms. The van der Waals surface area contributed by atoms with Gasteiger partial charge < -0.3 is 9.47 Å². The minimum atomic E-state index is -0.862. The van der Waals surface area contributed by atoms with Crippen LogP contribution in [-0.4, -0.2) is 19.3 Å². The first-order chi connectivity index (χ1) is 8.20. The molecular weight excluding hydrogens is 228 g/mol. The lowest BCUT2D eigenvalue weighted by Crippen LogP contribution is -2.17. The first-order valence-electron chi connectivity index (χ1n) is 5.34. The molecule has 1 saturated heterocycles. The molecular formula is C12H11F2NO2. The fourth-order valence-corrected chi connectivity index (χ4v) is 1.71. The highest BCUT2D eigenvalue weighted by atomic mass is 19.1. The normalized spacial score (nSPS) is 19.0. The maximum Gasteiger partial charge on any atom is 0.190 e. The van der Waals surface area contributed by atoms with Gasteiger partial charge in [-0.15, -0.1) is 0 Å². The summed E-state index contributed by atoms with van der Waals surface area (Å²) < 4.78 is 37.2. The Hall–Kier alpha value is -1.67. The van der Waals surface area contributed by atoms with E-state index in [4.69, 9.17) is 14.7 Å². The molecule has 90 valence electrons. The third-order valence-corrected chi connectivity index (χ3v) is 2.56. The van der Waals surface area contributed by atoms with Gasteiger partial charge in [0.15, 0.2) is 17.4 Å². The molecule has 0 radical (unpaired) electrons. The molecule has 0 N–H and O–H groups in total. The summed E-state index contributed by atoms with van der Waals surface area (Å²) in [5.74, 6) is -2.17. The van der Waals surface area contributed by atoms with Gasteiger partial charge in [-0.25, -0.2) is 8.78 Å². The molecule has 0 spiro atoms. The Morgan fingerprint density at radius 1 is 1.41 bits per heavy atom. The number of ether oxygens (including phenoxy) is 2. The van der Waals surface area contributed by atoms with Gasteiger partial charge in [-0.1, -0.05) is 0 Å². The van der Waals surface area contributed by atoms with Crippen molar-refractivity contribution in [3.8, 4) is 11.8 Å². The monoisotopic (exact) mass is 239 g/mol. The van der Waals surface area contributed by atoms with Gasteiger partial charge in [0.25, 0.3) is 0 Å². The Balaban J connectivity index is 2.07. The summed E-state index contributed by atoms with van der Waals surface area (Å²) in [4.78, 5) is 0. The first kappa shape index (κ1) is 11.8. The van der Waals surface area contributed by atoms with Gasteiger partial charge in [-0.05, 0) is 25.0 Å². The third-order valence-electron chi connectivity index (χ3n) is 2.56. The molecule has 1 heterocycles. The molecule has 1 aliphatic rings. The van der Waals surface area contributed by atoms with Gasteiger partial charge in [-0.2, -0.15) is 5.26 Å². The van der Waals surface area contributed by atoms with E-state index in [0.29, 0.717) is 6.61 Å². The van der Waals surface area contributed by atoms with Crippen LogP contribution in [0.2, 0.25) is 0 Å². The zero-order valence-corrected chi connectivity index (χ0v) is 9.08. The van der Waals surface area contributed by atoms with E-state index in [1.165, 1.54) is 0 Å². The highest BCUT2D eigenvalue weighted by Crippen LogP contribution is 2.24. The zero-order valence-electron chi connectivity index (χ0n) is 9.08. The number of nitrogens with zero attached hydrogens (tertiary/aromatic N) is 1. The first-order valence-corrected chi connectivity index (χ1v) is 5.34. The summed E-state index contributed by atoms with van der Waals surface area (Å²) in [6.45, 7) is 0.784.